The Labute approximate surface area is 462 Å². The fourth-order valence-electron chi connectivity index (χ4n) is 12.7. The molecule has 1 atom stereocenters. The first-order chi connectivity index (χ1) is 38.2. The van der Waals surface area contributed by atoms with Gasteiger partial charge < -0.3 is 4.90 Å². The normalized spacial score (nSPS) is 15.1. The van der Waals surface area contributed by atoms with Crippen molar-refractivity contribution in [3.05, 3.63) is 280 Å². The van der Waals surface area contributed by atoms with Gasteiger partial charge in [0.25, 0.3) is 0 Å². The van der Waals surface area contributed by atoms with E-state index in [0.717, 1.165) is 135 Å². The summed E-state index contributed by atoms with van der Waals surface area (Å²) in [5.74, 6) is 0. The topological polar surface area (TPSA) is 3.24 Å². The Morgan fingerprint density at radius 3 is 1.24 bits per heavy atom. The average molecular weight is 1060 g/mol. The smallest absolute Gasteiger partial charge is 0.310 e. The second-order valence-electron chi connectivity index (χ2n) is 23.5. The first kappa shape index (κ1) is 50.8. The molecule has 0 saturated carbocycles. The van der Waals surface area contributed by atoms with E-state index < -0.39 is 28.9 Å². The van der Waals surface area contributed by atoms with Gasteiger partial charge in [-0.3, -0.25) is 0 Å². The Morgan fingerprint density at radius 1 is 0.338 bits per heavy atom. The van der Waals surface area contributed by atoms with E-state index in [1.54, 1.807) is 24.3 Å². The quantitative estimate of drug-likeness (QED) is 0.0911. The van der Waals surface area contributed by atoms with Crippen LogP contribution in [0.5, 0.6) is 0 Å². The van der Waals surface area contributed by atoms with Gasteiger partial charge in [0.1, 0.15) is 0 Å². The molecule has 0 amide bonds. The van der Waals surface area contributed by atoms with Crippen LogP contribution in [0.4, 0.5) is 43.4 Å². The van der Waals surface area contributed by atoms with E-state index in [1.807, 2.05) is 17.0 Å². The second kappa shape index (κ2) is 18.2. The van der Waals surface area contributed by atoms with Crippen molar-refractivity contribution < 1.29 is 26.3 Å². The molecule has 11 aromatic carbocycles. The minimum atomic E-state index is -4.52. The minimum absolute atomic E-state index is 0.121. The van der Waals surface area contributed by atoms with Gasteiger partial charge >= 0.3 is 12.4 Å². The monoisotopic (exact) mass is 1060 g/mol. The highest BCUT2D eigenvalue weighted by Gasteiger charge is 2.52. The summed E-state index contributed by atoms with van der Waals surface area (Å²) >= 11 is 0. The number of hydrogen-bond acceptors (Lipinski definition) is 1. The molecule has 1 spiro atoms. The Balaban J connectivity index is 1.10. The molecule has 1 unspecified atom stereocenters. The zero-order valence-electron chi connectivity index (χ0n) is 45.1. The molecule has 13 rings (SSSR count). The maximum atomic E-state index is 14.2. The van der Waals surface area contributed by atoms with Crippen molar-refractivity contribution in [2.24, 2.45) is 0 Å². The van der Waals surface area contributed by atoms with Crippen molar-refractivity contribution in [3.63, 3.8) is 0 Å². The summed E-state index contributed by atoms with van der Waals surface area (Å²) in [6.45, 7) is 12.9. The summed E-state index contributed by atoms with van der Waals surface area (Å²) < 4.78 is 84.8. The third-order valence-corrected chi connectivity index (χ3v) is 16.7. The van der Waals surface area contributed by atoms with Gasteiger partial charge in [-0.25, -0.2) is 0 Å². The van der Waals surface area contributed by atoms with Gasteiger partial charge in [0.05, 0.1) is 16.5 Å². The predicted molar refractivity (Wildman–Crippen MR) is 317 cm³/mol. The second-order valence-corrected chi connectivity index (χ2v) is 23.5. The van der Waals surface area contributed by atoms with Crippen molar-refractivity contribution in [1.29, 1.82) is 0 Å². The van der Waals surface area contributed by atoms with Crippen LogP contribution in [0.25, 0.3) is 66.2 Å². The minimum Gasteiger partial charge on any atom is -0.310 e. The lowest BCUT2D eigenvalue weighted by Crippen LogP contribution is -2.26. The van der Waals surface area contributed by atoms with E-state index in [2.05, 4.69) is 205 Å². The predicted octanol–water partition coefficient (Wildman–Crippen LogP) is 21.2. The number of alkyl halides is 6. The molecular formula is C73H55F6N. The highest BCUT2D eigenvalue weighted by atomic mass is 19.4. The van der Waals surface area contributed by atoms with Gasteiger partial charge in [0.15, 0.2) is 0 Å². The number of hydrogen-bond donors (Lipinski definition) is 0. The van der Waals surface area contributed by atoms with Gasteiger partial charge in [-0.2, -0.15) is 26.3 Å². The molecule has 394 valence electrons. The molecule has 0 radical (unpaired) electrons. The van der Waals surface area contributed by atoms with Crippen LogP contribution in [-0.2, 0) is 28.6 Å². The van der Waals surface area contributed by atoms with Gasteiger partial charge in [0.2, 0.25) is 0 Å². The molecule has 2 aliphatic carbocycles. The molecule has 80 heavy (non-hydrogen) atoms. The van der Waals surface area contributed by atoms with E-state index in [0.29, 0.717) is 11.3 Å². The number of fused-ring (bicyclic) bond motifs is 16. The van der Waals surface area contributed by atoms with Gasteiger partial charge in [-0.05, 0) is 206 Å². The van der Waals surface area contributed by atoms with Crippen molar-refractivity contribution in [2.75, 3.05) is 4.90 Å². The fraction of sp³-hybridized carbons (Fsp3) is 0.151. The van der Waals surface area contributed by atoms with Crippen LogP contribution in [0, 0.1) is 0 Å². The van der Waals surface area contributed by atoms with E-state index in [9.17, 15) is 26.3 Å². The van der Waals surface area contributed by atoms with Crippen LogP contribution >= 0.6 is 0 Å². The third-order valence-electron chi connectivity index (χ3n) is 16.7. The molecule has 0 bridgehead atoms. The van der Waals surface area contributed by atoms with Crippen LogP contribution in [0.15, 0.2) is 218 Å². The molecule has 0 fully saturated rings. The Bertz CT molecular complexity index is 4190. The lowest BCUT2D eigenvalue weighted by molar-refractivity contribution is -0.138. The zero-order chi connectivity index (χ0) is 55.7. The first-order valence-electron chi connectivity index (χ1n) is 27.0. The molecule has 7 heteroatoms. The van der Waals surface area contributed by atoms with Crippen LogP contribution in [0.3, 0.4) is 0 Å². The molecule has 11 aromatic rings. The van der Waals surface area contributed by atoms with Gasteiger partial charge in [-0.15, -0.1) is 0 Å². The molecule has 0 aromatic heterocycles. The number of rotatable bonds is 6. The van der Waals surface area contributed by atoms with Crippen LogP contribution in [-0.4, -0.2) is 0 Å². The first-order valence-corrected chi connectivity index (χ1v) is 27.0. The molecular weight excluding hydrogens is 1000 g/mol. The van der Waals surface area contributed by atoms with E-state index >= 15 is 0 Å². The summed E-state index contributed by atoms with van der Waals surface area (Å²) in [5.41, 5.74) is 13.4. The summed E-state index contributed by atoms with van der Waals surface area (Å²) in [5, 5.41) is 6.86. The molecule has 0 heterocycles. The number of nitrogens with zero attached hydrogens (tertiary/aromatic N) is 1. The van der Waals surface area contributed by atoms with E-state index in [4.69, 9.17) is 0 Å². The summed E-state index contributed by atoms with van der Waals surface area (Å²) in [7, 11) is 0. The molecule has 0 N–H and O–H groups in total. The SMILES string of the molecule is CC(C)(C)c1ccc(/C(=C/c2ccc3c(c2)C2(c4ccccc4-c4cc5c6ccccc6c6ccccc6c5cc42)c2cc(N(c4ccc(C(C)(C)C)cc4)c4ccc(C(F)(F)F)cc4)ccc2-3)c2ccc(C(F)(F)F)cc2)cc1. The standard InChI is InChI=1S/C73H55F6N/c1-69(2,3)47-24-20-45(21-25-47)61(46-22-26-49(27-23-46)72(74,75)76)39-44-19-37-59-60-38-36-53(80(51-32-28-48(29-33-51)70(4,5)6)52-34-30-50(31-35-52)73(77,78)79)41-67(60)71(66(59)40-44)65-18-12-11-17-58(65)64-42-62-56-15-9-7-13-54(56)55-14-8-10-16-57(55)63(62)43-68(64)71/h7-43H,1-6H3/b61-39-. The Hall–Kier alpha value is -8.68. The van der Waals surface area contributed by atoms with Crippen LogP contribution in [0.2, 0.25) is 0 Å². The summed E-state index contributed by atoms with van der Waals surface area (Å²) in [6.07, 6.45) is -6.92. The van der Waals surface area contributed by atoms with E-state index in [1.165, 1.54) is 5.39 Å². The lowest BCUT2D eigenvalue weighted by Gasteiger charge is -2.33. The molecule has 2 aliphatic rings. The molecule has 1 nitrogen and oxygen atoms in total. The average Bonchev–Trinajstić information content (AvgIpc) is 3.96. The summed E-state index contributed by atoms with van der Waals surface area (Å²) in [4.78, 5) is 2.04. The lowest BCUT2D eigenvalue weighted by atomic mass is 9.70. The van der Waals surface area contributed by atoms with Crippen molar-refractivity contribution >= 4 is 61.0 Å². The van der Waals surface area contributed by atoms with Crippen molar-refractivity contribution in [1.82, 2.24) is 0 Å². The van der Waals surface area contributed by atoms with Gasteiger partial charge in [-0.1, -0.05) is 181 Å². The number of benzene rings is 11. The Kier molecular flexibility index (Phi) is 11.5. The maximum absolute atomic E-state index is 14.2. The largest absolute Gasteiger partial charge is 0.416 e. The van der Waals surface area contributed by atoms with Crippen LogP contribution < -0.4 is 4.90 Å². The number of anilines is 3. The third kappa shape index (κ3) is 8.23. The highest BCUT2D eigenvalue weighted by molar-refractivity contribution is 6.26. The fourth-order valence-corrected chi connectivity index (χ4v) is 12.7. The van der Waals surface area contributed by atoms with Crippen LogP contribution in [0.1, 0.15) is 103 Å². The van der Waals surface area contributed by atoms with E-state index in [-0.39, 0.29) is 10.8 Å². The number of halogens is 6. The molecule has 0 saturated heterocycles. The Morgan fingerprint density at radius 2 is 0.725 bits per heavy atom. The zero-order valence-corrected chi connectivity index (χ0v) is 45.1. The van der Waals surface area contributed by atoms with Gasteiger partial charge in [0, 0.05) is 17.1 Å². The van der Waals surface area contributed by atoms with Crippen molar-refractivity contribution in [3.8, 4) is 22.3 Å². The summed E-state index contributed by atoms with van der Waals surface area (Å²) in [6, 6.07) is 70.9. The maximum Gasteiger partial charge on any atom is 0.416 e. The van der Waals surface area contributed by atoms with Crippen molar-refractivity contribution in [2.45, 2.75) is 70.1 Å². The molecule has 0 aliphatic heterocycles. The highest BCUT2D eigenvalue weighted by Crippen LogP contribution is 2.64.